The fourth-order valence-corrected chi connectivity index (χ4v) is 5.53. The summed E-state index contributed by atoms with van der Waals surface area (Å²) in [5.41, 5.74) is 4.11. The molecule has 4 aromatic rings. The van der Waals surface area contributed by atoms with E-state index in [1.54, 1.807) is 11.8 Å². The van der Waals surface area contributed by atoms with Crippen LogP contribution >= 0.6 is 11.8 Å². The van der Waals surface area contributed by atoms with Crippen molar-refractivity contribution in [3.63, 3.8) is 0 Å². The number of hydrogen-bond donors (Lipinski definition) is 2. The molecule has 0 bridgehead atoms. The number of hydrogen-bond acceptors (Lipinski definition) is 3. The molecule has 0 saturated heterocycles. The van der Waals surface area contributed by atoms with Gasteiger partial charge in [-0.2, -0.15) is 0 Å². The first-order chi connectivity index (χ1) is 19.5. The lowest BCUT2D eigenvalue weighted by Gasteiger charge is -2.24. The van der Waals surface area contributed by atoms with E-state index >= 15 is 0 Å². The van der Waals surface area contributed by atoms with Crippen LogP contribution in [0.2, 0.25) is 0 Å². The van der Waals surface area contributed by atoms with Crippen LogP contribution in [0.1, 0.15) is 42.4 Å². The van der Waals surface area contributed by atoms with Crippen LogP contribution in [0, 0.1) is 0 Å². The van der Waals surface area contributed by atoms with Gasteiger partial charge in [-0.3, -0.25) is 9.69 Å². The highest BCUT2D eigenvalue weighted by molar-refractivity contribution is 7.99. The molecular formula is C34H36N2O3S. The van der Waals surface area contributed by atoms with E-state index < -0.39 is 11.9 Å². The zero-order valence-corrected chi connectivity index (χ0v) is 23.6. The average molecular weight is 553 g/mol. The predicted octanol–water partition coefficient (Wildman–Crippen LogP) is 7.81. The van der Waals surface area contributed by atoms with Crippen molar-refractivity contribution in [3.05, 3.63) is 126 Å². The highest BCUT2D eigenvalue weighted by atomic mass is 32.2. The quantitative estimate of drug-likeness (QED) is 0.177. The van der Waals surface area contributed by atoms with Crippen molar-refractivity contribution in [3.8, 4) is 0 Å². The second-order valence-corrected chi connectivity index (χ2v) is 10.8. The zero-order chi connectivity index (χ0) is 28.2. The number of rotatable bonds is 13. The van der Waals surface area contributed by atoms with E-state index in [-0.39, 0.29) is 6.03 Å². The number of benzene rings is 4. The summed E-state index contributed by atoms with van der Waals surface area (Å²) in [5, 5.41) is 12.6. The van der Waals surface area contributed by atoms with Gasteiger partial charge in [-0.25, -0.2) is 4.79 Å². The summed E-state index contributed by atoms with van der Waals surface area (Å²) in [4.78, 5) is 28.8. The molecule has 0 radical (unpaired) electrons. The lowest BCUT2D eigenvalue weighted by molar-refractivity contribution is -0.138. The van der Waals surface area contributed by atoms with Crippen molar-refractivity contribution < 1.29 is 14.7 Å². The SMILES string of the molecule is CCC(C(=O)O)c1ccc(Sc2cccc(N(CCCc3ccccc3)C(=O)NCCc3ccccc3)c2)cc1. The summed E-state index contributed by atoms with van der Waals surface area (Å²) >= 11 is 1.60. The van der Waals surface area contributed by atoms with Crippen molar-refractivity contribution in [1.29, 1.82) is 0 Å². The van der Waals surface area contributed by atoms with Crippen LogP contribution < -0.4 is 10.2 Å². The van der Waals surface area contributed by atoms with Crippen molar-refractivity contribution in [1.82, 2.24) is 5.32 Å². The van der Waals surface area contributed by atoms with E-state index in [9.17, 15) is 14.7 Å². The molecule has 4 aromatic carbocycles. The number of amides is 2. The molecule has 0 aliphatic heterocycles. The molecule has 0 aromatic heterocycles. The Kier molecular flexibility index (Phi) is 10.8. The number of carbonyl (C=O) groups is 2. The van der Waals surface area contributed by atoms with Gasteiger partial charge in [0.2, 0.25) is 0 Å². The van der Waals surface area contributed by atoms with Gasteiger partial charge in [-0.05, 0) is 72.7 Å². The summed E-state index contributed by atoms with van der Waals surface area (Å²) in [5.74, 6) is -1.29. The highest BCUT2D eigenvalue weighted by Gasteiger charge is 2.18. The van der Waals surface area contributed by atoms with Crippen molar-refractivity contribution in [2.75, 3.05) is 18.0 Å². The van der Waals surface area contributed by atoms with Gasteiger partial charge in [0.25, 0.3) is 0 Å². The molecule has 0 heterocycles. The zero-order valence-electron chi connectivity index (χ0n) is 22.8. The highest BCUT2D eigenvalue weighted by Crippen LogP contribution is 2.32. The molecule has 0 aliphatic rings. The summed E-state index contributed by atoms with van der Waals surface area (Å²) in [7, 11) is 0. The monoisotopic (exact) mass is 552 g/mol. The summed E-state index contributed by atoms with van der Waals surface area (Å²) in [6.07, 6.45) is 3.07. The first kappa shape index (κ1) is 29.0. The van der Waals surface area contributed by atoms with E-state index in [1.165, 1.54) is 11.1 Å². The van der Waals surface area contributed by atoms with Gasteiger partial charge in [-0.15, -0.1) is 0 Å². The van der Waals surface area contributed by atoms with Crippen LogP contribution in [0.4, 0.5) is 10.5 Å². The minimum Gasteiger partial charge on any atom is -0.481 e. The van der Waals surface area contributed by atoms with Crippen LogP contribution in [-0.4, -0.2) is 30.2 Å². The third kappa shape index (κ3) is 8.48. The smallest absolute Gasteiger partial charge is 0.321 e. The summed E-state index contributed by atoms with van der Waals surface area (Å²) < 4.78 is 0. The van der Waals surface area contributed by atoms with Crippen LogP contribution in [0.25, 0.3) is 0 Å². The molecule has 0 spiro atoms. The molecule has 0 aliphatic carbocycles. The molecule has 5 nitrogen and oxygen atoms in total. The van der Waals surface area contributed by atoms with Crippen molar-refractivity contribution in [2.24, 2.45) is 0 Å². The normalized spacial score (nSPS) is 11.5. The molecule has 0 saturated carbocycles. The third-order valence-corrected chi connectivity index (χ3v) is 7.82. The maximum atomic E-state index is 13.4. The first-order valence-corrected chi connectivity index (χ1v) is 14.6. The molecule has 0 fully saturated rings. The van der Waals surface area contributed by atoms with E-state index in [2.05, 4.69) is 29.6 Å². The molecule has 40 heavy (non-hydrogen) atoms. The van der Waals surface area contributed by atoms with Gasteiger partial charge in [0, 0.05) is 28.6 Å². The van der Waals surface area contributed by atoms with E-state index in [0.717, 1.165) is 40.3 Å². The van der Waals surface area contributed by atoms with Gasteiger partial charge in [0.1, 0.15) is 0 Å². The Balaban J connectivity index is 1.45. The number of carbonyl (C=O) groups excluding carboxylic acids is 1. The van der Waals surface area contributed by atoms with Crippen LogP contribution in [0.15, 0.2) is 119 Å². The molecule has 1 atom stereocenters. The summed E-state index contributed by atoms with van der Waals surface area (Å²) in [6.45, 7) is 3.05. The maximum absolute atomic E-state index is 13.4. The summed E-state index contributed by atoms with van der Waals surface area (Å²) in [6, 6.07) is 36.1. The number of carboxylic acid groups (broad SMARTS) is 1. The topological polar surface area (TPSA) is 69.6 Å². The Hall–Kier alpha value is -4.03. The van der Waals surface area contributed by atoms with Crippen LogP contribution in [0.3, 0.4) is 0 Å². The second-order valence-electron chi connectivity index (χ2n) is 9.68. The number of aryl methyl sites for hydroxylation is 1. The standard InChI is InChI=1S/C34H36N2O3S/c1-2-32(33(37)38)28-18-20-30(21-19-28)40-31-17-9-16-29(25-31)36(24-10-15-26-11-5-3-6-12-26)34(39)35-23-22-27-13-7-4-8-14-27/h3-9,11-14,16-21,25,32H,2,10,15,22-24H2,1H3,(H,35,39)(H,37,38). The van der Waals surface area contributed by atoms with Gasteiger partial charge >= 0.3 is 12.0 Å². The van der Waals surface area contributed by atoms with Gasteiger partial charge in [0.15, 0.2) is 0 Å². The van der Waals surface area contributed by atoms with Gasteiger partial charge in [-0.1, -0.05) is 97.5 Å². The molecule has 2 N–H and O–H groups in total. The van der Waals surface area contributed by atoms with E-state index in [4.69, 9.17) is 0 Å². The van der Waals surface area contributed by atoms with Gasteiger partial charge in [0.05, 0.1) is 5.92 Å². The maximum Gasteiger partial charge on any atom is 0.321 e. The molecule has 2 amide bonds. The van der Waals surface area contributed by atoms with E-state index in [1.807, 2.05) is 96.8 Å². The number of anilines is 1. The van der Waals surface area contributed by atoms with Crippen molar-refractivity contribution >= 4 is 29.4 Å². The Labute approximate surface area is 241 Å². The number of urea groups is 1. The average Bonchev–Trinajstić information content (AvgIpc) is 2.97. The third-order valence-electron chi connectivity index (χ3n) is 6.82. The molecule has 206 valence electrons. The molecule has 4 rings (SSSR count). The Morgan fingerprint density at radius 3 is 2.08 bits per heavy atom. The van der Waals surface area contributed by atoms with E-state index in [0.29, 0.717) is 19.5 Å². The molecule has 1 unspecified atom stereocenters. The van der Waals surface area contributed by atoms with Crippen LogP contribution in [0.5, 0.6) is 0 Å². The number of nitrogens with zero attached hydrogens (tertiary/aromatic N) is 1. The Bertz CT molecular complexity index is 1360. The Morgan fingerprint density at radius 2 is 1.45 bits per heavy atom. The molecular weight excluding hydrogens is 516 g/mol. The fourth-order valence-electron chi connectivity index (χ4n) is 4.66. The second kappa shape index (κ2) is 14.9. The minimum absolute atomic E-state index is 0.102. The Morgan fingerprint density at radius 1 is 0.800 bits per heavy atom. The molecule has 6 heteroatoms. The lowest BCUT2D eigenvalue weighted by atomic mass is 9.97. The largest absolute Gasteiger partial charge is 0.481 e. The predicted molar refractivity (Wildman–Crippen MR) is 163 cm³/mol. The first-order valence-electron chi connectivity index (χ1n) is 13.8. The number of nitrogens with one attached hydrogen (secondary N) is 1. The number of carboxylic acids is 1. The van der Waals surface area contributed by atoms with Gasteiger partial charge < -0.3 is 10.4 Å². The fraction of sp³-hybridized carbons (Fsp3) is 0.235. The lowest BCUT2D eigenvalue weighted by Crippen LogP contribution is -2.41. The number of aliphatic carboxylic acids is 1. The minimum atomic E-state index is -0.801. The van der Waals surface area contributed by atoms with Crippen molar-refractivity contribution in [2.45, 2.75) is 48.3 Å². The van der Waals surface area contributed by atoms with Crippen LogP contribution in [-0.2, 0) is 17.6 Å².